The number of nitrogens with one attached hydrogen (secondary N) is 2. The number of benzene rings is 1. The quantitative estimate of drug-likeness (QED) is 0.887. The topological polar surface area (TPSA) is 62.4 Å². The highest BCUT2D eigenvalue weighted by molar-refractivity contribution is 5.85. The molecule has 0 unspecified atom stereocenters. The van der Waals surface area contributed by atoms with E-state index in [-0.39, 0.29) is 12.4 Å². The molecule has 0 aliphatic carbocycles. The fraction of sp³-hybridized carbons (Fsp3) is 0.471. The van der Waals surface area contributed by atoms with Crippen LogP contribution < -0.4 is 14.8 Å². The lowest BCUT2D eigenvalue weighted by molar-refractivity contribution is 0.171. The zero-order valence-corrected chi connectivity index (χ0v) is 14.6. The molecule has 3 heterocycles. The Balaban J connectivity index is 0.00000169. The van der Waals surface area contributed by atoms with E-state index >= 15 is 0 Å². The fourth-order valence-electron chi connectivity index (χ4n) is 3.28. The van der Waals surface area contributed by atoms with Crippen molar-refractivity contribution >= 4 is 12.4 Å². The lowest BCUT2D eigenvalue weighted by Crippen LogP contribution is -2.48. The number of aromatic amines is 1. The van der Waals surface area contributed by atoms with Gasteiger partial charge in [0.2, 0.25) is 0 Å². The number of halogens is 1. The van der Waals surface area contributed by atoms with E-state index in [1.54, 1.807) is 0 Å². The molecule has 1 atom stereocenters. The van der Waals surface area contributed by atoms with Gasteiger partial charge in [0, 0.05) is 43.3 Å². The van der Waals surface area contributed by atoms with Crippen molar-refractivity contribution in [2.75, 3.05) is 32.8 Å². The monoisotopic (exact) mass is 350 g/mol. The van der Waals surface area contributed by atoms with Crippen LogP contribution in [-0.4, -0.2) is 54.0 Å². The average molecular weight is 351 g/mol. The van der Waals surface area contributed by atoms with Crippen molar-refractivity contribution in [3.63, 3.8) is 0 Å². The molecule has 1 saturated heterocycles. The lowest BCUT2D eigenvalue weighted by atomic mass is 10.1. The smallest absolute Gasteiger partial charge is 0.162 e. The number of fused-ring (bicyclic) bond motifs is 1. The van der Waals surface area contributed by atoms with Gasteiger partial charge in [0.15, 0.2) is 11.5 Å². The Bertz CT molecular complexity index is 691. The van der Waals surface area contributed by atoms with Crippen molar-refractivity contribution in [3.8, 4) is 22.8 Å². The van der Waals surface area contributed by atoms with Crippen LogP contribution in [0.15, 0.2) is 24.4 Å². The molecule has 0 radical (unpaired) electrons. The van der Waals surface area contributed by atoms with Gasteiger partial charge in [-0.25, -0.2) is 0 Å². The van der Waals surface area contributed by atoms with Crippen LogP contribution in [0, 0.1) is 0 Å². The average Bonchev–Trinajstić information content (AvgIpc) is 3.02. The minimum atomic E-state index is 0. The maximum Gasteiger partial charge on any atom is 0.162 e. The third-order valence-corrected chi connectivity index (χ3v) is 4.40. The minimum absolute atomic E-state index is 0. The third kappa shape index (κ3) is 3.50. The largest absolute Gasteiger partial charge is 0.486 e. The Morgan fingerprint density at radius 2 is 2.08 bits per heavy atom. The van der Waals surface area contributed by atoms with Crippen molar-refractivity contribution in [3.05, 3.63) is 30.0 Å². The second kappa shape index (κ2) is 7.42. The summed E-state index contributed by atoms with van der Waals surface area (Å²) in [6, 6.07) is 6.60. The molecule has 0 amide bonds. The molecule has 1 aromatic heterocycles. The Morgan fingerprint density at radius 1 is 1.25 bits per heavy atom. The van der Waals surface area contributed by atoms with Gasteiger partial charge in [0.05, 0.1) is 11.9 Å². The molecule has 4 rings (SSSR count). The predicted molar refractivity (Wildman–Crippen MR) is 95.0 cm³/mol. The molecule has 0 spiro atoms. The first-order chi connectivity index (χ1) is 11.3. The Kier molecular flexibility index (Phi) is 5.28. The van der Waals surface area contributed by atoms with Gasteiger partial charge in [-0.05, 0) is 25.1 Å². The summed E-state index contributed by atoms with van der Waals surface area (Å²) in [6.07, 6.45) is 1.93. The van der Waals surface area contributed by atoms with Crippen LogP contribution in [0.4, 0.5) is 0 Å². The first-order valence-electron chi connectivity index (χ1n) is 8.17. The van der Waals surface area contributed by atoms with Gasteiger partial charge >= 0.3 is 0 Å². The second-order valence-corrected chi connectivity index (χ2v) is 6.22. The molecule has 0 saturated carbocycles. The lowest BCUT2D eigenvalue weighted by Gasteiger charge is -2.31. The van der Waals surface area contributed by atoms with Crippen LogP contribution in [0.1, 0.15) is 12.5 Å². The first kappa shape index (κ1) is 17.1. The molecule has 7 heteroatoms. The molecule has 1 aromatic carbocycles. The highest BCUT2D eigenvalue weighted by atomic mass is 35.5. The number of piperazine rings is 1. The minimum Gasteiger partial charge on any atom is -0.486 e. The maximum absolute atomic E-state index is 5.69. The van der Waals surface area contributed by atoms with Crippen molar-refractivity contribution < 1.29 is 9.47 Å². The molecule has 1 fully saturated rings. The van der Waals surface area contributed by atoms with Crippen molar-refractivity contribution in [2.24, 2.45) is 0 Å². The second-order valence-electron chi connectivity index (χ2n) is 6.22. The predicted octanol–water partition coefficient (Wildman–Crippen LogP) is 2.06. The summed E-state index contributed by atoms with van der Waals surface area (Å²) in [5, 5.41) is 10.9. The maximum atomic E-state index is 5.69. The van der Waals surface area contributed by atoms with Crippen LogP contribution in [0.5, 0.6) is 11.5 Å². The Hall–Kier alpha value is -1.76. The van der Waals surface area contributed by atoms with E-state index in [0.29, 0.717) is 19.3 Å². The molecular formula is C17H23ClN4O2. The van der Waals surface area contributed by atoms with E-state index in [4.69, 9.17) is 9.47 Å². The summed E-state index contributed by atoms with van der Waals surface area (Å²) in [7, 11) is 0. The molecule has 130 valence electrons. The summed E-state index contributed by atoms with van der Waals surface area (Å²) in [5.41, 5.74) is 3.37. The van der Waals surface area contributed by atoms with E-state index in [9.17, 15) is 0 Å². The van der Waals surface area contributed by atoms with E-state index < -0.39 is 0 Å². The molecule has 24 heavy (non-hydrogen) atoms. The Morgan fingerprint density at radius 3 is 2.92 bits per heavy atom. The molecular weight excluding hydrogens is 328 g/mol. The zero-order chi connectivity index (χ0) is 15.6. The van der Waals surface area contributed by atoms with E-state index in [1.165, 1.54) is 5.56 Å². The van der Waals surface area contributed by atoms with E-state index in [2.05, 4.69) is 33.4 Å². The number of hydrogen-bond donors (Lipinski definition) is 2. The standard InChI is InChI=1S/C17H22N4O2.ClH/c1-12-10-21(5-4-18-12)11-14-9-19-20-17(14)13-2-3-15-16(8-13)23-7-6-22-15;/h2-3,8-9,12,18H,4-7,10-11H2,1H3,(H,19,20);1H/t12-;/m1./s1. The molecule has 2 aromatic rings. The van der Waals surface area contributed by atoms with Crippen LogP contribution >= 0.6 is 12.4 Å². The van der Waals surface area contributed by atoms with Crippen molar-refractivity contribution in [1.82, 2.24) is 20.4 Å². The number of nitrogens with zero attached hydrogens (tertiary/aromatic N) is 2. The van der Waals surface area contributed by atoms with Gasteiger partial charge in [0.1, 0.15) is 13.2 Å². The van der Waals surface area contributed by atoms with Gasteiger partial charge in [0.25, 0.3) is 0 Å². The van der Waals surface area contributed by atoms with Gasteiger partial charge in [-0.2, -0.15) is 5.10 Å². The normalized spacial score (nSPS) is 20.5. The van der Waals surface area contributed by atoms with Gasteiger partial charge in [-0.15, -0.1) is 12.4 Å². The molecule has 2 N–H and O–H groups in total. The van der Waals surface area contributed by atoms with Crippen LogP contribution in [0.25, 0.3) is 11.3 Å². The van der Waals surface area contributed by atoms with Crippen molar-refractivity contribution in [1.29, 1.82) is 0 Å². The van der Waals surface area contributed by atoms with Gasteiger partial charge in [-0.3, -0.25) is 10.00 Å². The fourth-order valence-corrected chi connectivity index (χ4v) is 3.28. The molecule has 2 aliphatic heterocycles. The highest BCUT2D eigenvalue weighted by Crippen LogP contribution is 2.35. The number of aromatic nitrogens is 2. The number of H-pyrrole nitrogens is 1. The number of ether oxygens (including phenoxy) is 2. The summed E-state index contributed by atoms with van der Waals surface area (Å²) < 4.78 is 11.3. The zero-order valence-electron chi connectivity index (χ0n) is 13.7. The van der Waals surface area contributed by atoms with Crippen LogP contribution in [0.3, 0.4) is 0 Å². The van der Waals surface area contributed by atoms with Gasteiger partial charge < -0.3 is 14.8 Å². The SMILES string of the molecule is C[C@@H]1CN(Cc2cn[nH]c2-c2ccc3c(c2)OCCO3)CCN1.Cl. The molecule has 2 aliphatic rings. The van der Waals surface area contributed by atoms with E-state index in [0.717, 1.165) is 48.9 Å². The first-order valence-corrected chi connectivity index (χ1v) is 8.17. The van der Waals surface area contributed by atoms with Gasteiger partial charge in [-0.1, -0.05) is 0 Å². The summed E-state index contributed by atoms with van der Waals surface area (Å²) in [4.78, 5) is 2.47. The van der Waals surface area contributed by atoms with Crippen molar-refractivity contribution in [2.45, 2.75) is 19.5 Å². The summed E-state index contributed by atoms with van der Waals surface area (Å²) in [6.45, 7) is 7.52. The Labute approximate surface area is 147 Å². The van der Waals surface area contributed by atoms with Crippen LogP contribution in [0.2, 0.25) is 0 Å². The third-order valence-electron chi connectivity index (χ3n) is 4.40. The van der Waals surface area contributed by atoms with Crippen LogP contribution in [-0.2, 0) is 6.54 Å². The number of rotatable bonds is 3. The summed E-state index contributed by atoms with van der Waals surface area (Å²) in [5.74, 6) is 1.63. The number of hydrogen-bond acceptors (Lipinski definition) is 5. The molecule has 6 nitrogen and oxygen atoms in total. The highest BCUT2D eigenvalue weighted by Gasteiger charge is 2.19. The summed E-state index contributed by atoms with van der Waals surface area (Å²) >= 11 is 0. The molecule has 0 bridgehead atoms. The van der Waals surface area contributed by atoms with E-state index in [1.807, 2.05) is 18.3 Å².